The first-order valence-corrected chi connectivity index (χ1v) is 9.54. The maximum absolute atomic E-state index is 12.0. The van der Waals surface area contributed by atoms with Crippen LogP contribution in [0, 0.1) is 6.92 Å². The topological polar surface area (TPSA) is 76.7 Å². The molecule has 0 aliphatic rings. The number of benzene rings is 2. The van der Waals surface area contributed by atoms with Crippen molar-refractivity contribution in [3.63, 3.8) is 0 Å². The van der Waals surface area contributed by atoms with Gasteiger partial charge < -0.3 is 20.1 Å². The highest BCUT2D eigenvalue weighted by atomic mass is 35.5. The maximum Gasteiger partial charge on any atom is 0.257 e. The minimum atomic E-state index is -0.171. The van der Waals surface area contributed by atoms with Crippen molar-refractivity contribution in [1.29, 1.82) is 0 Å². The van der Waals surface area contributed by atoms with Crippen LogP contribution < -0.4 is 20.1 Å². The fraction of sp³-hybridized carbons (Fsp3) is 0.333. The number of hydrogen-bond acceptors (Lipinski definition) is 4. The van der Waals surface area contributed by atoms with E-state index in [0.29, 0.717) is 42.5 Å². The summed E-state index contributed by atoms with van der Waals surface area (Å²) in [5.41, 5.74) is 1.62. The van der Waals surface area contributed by atoms with Crippen molar-refractivity contribution in [2.75, 3.05) is 25.1 Å². The van der Waals surface area contributed by atoms with Gasteiger partial charge in [-0.3, -0.25) is 9.59 Å². The minimum Gasteiger partial charge on any atom is -0.494 e. The average Bonchev–Trinajstić information content (AvgIpc) is 2.67. The van der Waals surface area contributed by atoms with Gasteiger partial charge in [-0.2, -0.15) is 0 Å². The molecule has 0 saturated carbocycles. The van der Waals surface area contributed by atoms with Gasteiger partial charge in [0.2, 0.25) is 5.91 Å². The normalized spacial score (nSPS) is 10.2. The Morgan fingerprint density at radius 1 is 1.00 bits per heavy atom. The van der Waals surface area contributed by atoms with Gasteiger partial charge in [0.15, 0.2) is 6.61 Å². The molecule has 0 spiro atoms. The molecule has 2 rings (SSSR count). The van der Waals surface area contributed by atoms with Crippen LogP contribution in [0.15, 0.2) is 42.5 Å². The third-order valence-electron chi connectivity index (χ3n) is 3.83. The molecule has 0 aliphatic heterocycles. The van der Waals surface area contributed by atoms with Crippen LogP contribution in [0.1, 0.15) is 25.3 Å². The number of nitrogens with one attached hydrogen (secondary N) is 2. The van der Waals surface area contributed by atoms with Crippen molar-refractivity contribution in [3.05, 3.63) is 53.1 Å². The molecule has 0 aromatic heterocycles. The maximum atomic E-state index is 12.0. The van der Waals surface area contributed by atoms with Crippen molar-refractivity contribution in [1.82, 2.24) is 5.32 Å². The summed E-state index contributed by atoms with van der Waals surface area (Å²) in [7, 11) is 0. The number of amides is 2. The summed E-state index contributed by atoms with van der Waals surface area (Å²) in [6, 6.07) is 12.4. The van der Waals surface area contributed by atoms with Gasteiger partial charge in [0.1, 0.15) is 11.5 Å². The Labute approximate surface area is 170 Å². The van der Waals surface area contributed by atoms with Gasteiger partial charge in [0, 0.05) is 23.7 Å². The quantitative estimate of drug-likeness (QED) is 0.587. The van der Waals surface area contributed by atoms with Crippen molar-refractivity contribution in [2.45, 2.75) is 26.7 Å². The largest absolute Gasteiger partial charge is 0.494 e. The smallest absolute Gasteiger partial charge is 0.257 e. The van der Waals surface area contributed by atoms with E-state index >= 15 is 0 Å². The van der Waals surface area contributed by atoms with Crippen molar-refractivity contribution in [2.24, 2.45) is 0 Å². The number of carbonyl (C=O) groups is 2. The average molecular weight is 405 g/mol. The lowest BCUT2D eigenvalue weighted by Gasteiger charge is -2.09. The van der Waals surface area contributed by atoms with Crippen LogP contribution in [0.2, 0.25) is 5.02 Å². The van der Waals surface area contributed by atoms with Gasteiger partial charge in [-0.1, -0.05) is 11.6 Å². The molecule has 0 atom stereocenters. The van der Waals surface area contributed by atoms with Crippen LogP contribution in [0.3, 0.4) is 0 Å². The Bertz CT molecular complexity index is 793. The third kappa shape index (κ3) is 7.48. The summed E-state index contributed by atoms with van der Waals surface area (Å²) >= 11 is 5.98. The fourth-order valence-electron chi connectivity index (χ4n) is 2.38. The number of carbonyl (C=O) groups excluding carboxylic acids is 2. The molecule has 0 heterocycles. The second-order valence-corrected chi connectivity index (χ2v) is 6.58. The Balaban J connectivity index is 1.68. The van der Waals surface area contributed by atoms with Gasteiger partial charge >= 0.3 is 0 Å². The number of hydrogen-bond donors (Lipinski definition) is 2. The number of ether oxygens (including phenoxy) is 2. The SMILES string of the molecule is CCNC(=O)COc1ccc(NC(=O)CCCOc2ccc(Cl)c(C)c2)cc1. The Morgan fingerprint density at radius 2 is 1.71 bits per heavy atom. The first-order chi connectivity index (χ1) is 13.5. The Morgan fingerprint density at radius 3 is 2.39 bits per heavy atom. The van der Waals surface area contributed by atoms with E-state index in [9.17, 15) is 9.59 Å². The van der Waals surface area contributed by atoms with Crippen LogP contribution in [-0.2, 0) is 9.59 Å². The first kappa shape index (κ1) is 21.6. The molecule has 2 aromatic carbocycles. The van der Waals surface area contributed by atoms with E-state index in [1.807, 2.05) is 26.0 Å². The molecule has 28 heavy (non-hydrogen) atoms. The minimum absolute atomic E-state index is 0.0350. The molecule has 0 unspecified atom stereocenters. The standard InChI is InChI=1S/C21H25ClN2O4/c1-3-23-21(26)14-28-17-8-6-16(7-9-17)24-20(25)5-4-12-27-18-10-11-19(22)15(2)13-18/h6-11,13H,3-5,12,14H2,1-2H3,(H,23,26)(H,24,25). The van der Waals surface area contributed by atoms with Crippen LogP contribution in [0.25, 0.3) is 0 Å². The molecular weight excluding hydrogens is 380 g/mol. The predicted octanol–water partition coefficient (Wildman–Crippen LogP) is 3.96. The van der Waals surface area contributed by atoms with Crippen molar-refractivity contribution < 1.29 is 19.1 Å². The number of halogens is 1. The molecule has 0 bridgehead atoms. The molecule has 2 aromatic rings. The molecule has 2 N–H and O–H groups in total. The summed E-state index contributed by atoms with van der Waals surface area (Å²) in [6.07, 6.45) is 0.948. The monoisotopic (exact) mass is 404 g/mol. The van der Waals surface area contributed by atoms with E-state index in [-0.39, 0.29) is 18.4 Å². The van der Waals surface area contributed by atoms with Gasteiger partial charge in [0.25, 0.3) is 5.91 Å². The molecular formula is C21H25ClN2O4. The van der Waals surface area contributed by atoms with E-state index in [1.54, 1.807) is 30.3 Å². The zero-order chi connectivity index (χ0) is 20.4. The highest BCUT2D eigenvalue weighted by Crippen LogP contribution is 2.21. The van der Waals surface area contributed by atoms with Gasteiger partial charge in [-0.15, -0.1) is 0 Å². The van der Waals surface area contributed by atoms with E-state index in [2.05, 4.69) is 10.6 Å². The number of anilines is 1. The molecule has 150 valence electrons. The van der Waals surface area contributed by atoms with Crippen molar-refractivity contribution in [3.8, 4) is 11.5 Å². The van der Waals surface area contributed by atoms with Gasteiger partial charge in [-0.05, 0) is 68.3 Å². The predicted molar refractivity (Wildman–Crippen MR) is 110 cm³/mol. The summed E-state index contributed by atoms with van der Waals surface area (Å²) in [5.74, 6) is 1.05. The highest BCUT2D eigenvalue weighted by Gasteiger charge is 2.05. The fourth-order valence-corrected chi connectivity index (χ4v) is 2.50. The second kappa shape index (κ2) is 11.2. The number of aryl methyl sites for hydroxylation is 1. The molecule has 7 heteroatoms. The second-order valence-electron chi connectivity index (χ2n) is 6.18. The van der Waals surface area contributed by atoms with E-state index in [1.165, 1.54) is 0 Å². The molecule has 0 saturated heterocycles. The van der Waals surface area contributed by atoms with E-state index in [4.69, 9.17) is 21.1 Å². The van der Waals surface area contributed by atoms with Crippen LogP contribution in [-0.4, -0.2) is 31.6 Å². The van der Waals surface area contributed by atoms with Crippen molar-refractivity contribution >= 4 is 29.1 Å². The molecule has 2 amide bonds. The summed E-state index contributed by atoms with van der Waals surface area (Å²) in [5, 5.41) is 6.18. The van der Waals surface area contributed by atoms with Crippen LogP contribution in [0.5, 0.6) is 11.5 Å². The Kier molecular flexibility index (Phi) is 8.62. The summed E-state index contributed by atoms with van der Waals surface area (Å²) in [4.78, 5) is 23.4. The molecule has 0 aliphatic carbocycles. The molecule has 6 nitrogen and oxygen atoms in total. The van der Waals surface area contributed by atoms with E-state index < -0.39 is 0 Å². The summed E-state index contributed by atoms with van der Waals surface area (Å²) < 4.78 is 11.0. The molecule has 0 radical (unpaired) electrons. The lowest BCUT2D eigenvalue weighted by Crippen LogP contribution is -2.28. The van der Waals surface area contributed by atoms with Crippen LogP contribution in [0.4, 0.5) is 5.69 Å². The number of rotatable bonds is 10. The first-order valence-electron chi connectivity index (χ1n) is 9.16. The highest BCUT2D eigenvalue weighted by molar-refractivity contribution is 6.31. The Hall–Kier alpha value is -2.73. The van der Waals surface area contributed by atoms with Gasteiger partial charge in [-0.25, -0.2) is 0 Å². The van der Waals surface area contributed by atoms with Gasteiger partial charge in [0.05, 0.1) is 6.61 Å². The summed E-state index contributed by atoms with van der Waals surface area (Å²) in [6.45, 7) is 4.74. The lowest BCUT2D eigenvalue weighted by atomic mass is 10.2. The van der Waals surface area contributed by atoms with E-state index in [0.717, 1.165) is 11.3 Å². The third-order valence-corrected chi connectivity index (χ3v) is 4.25. The van der Waals surface area contributed by atoms with Crippen LogP contribution >= 0.6 is 11.6 Å². The lowest BCUT2D eigenvalue weighted by molar-refractivity contribution is -0.123. The zero-order valence-corrected chi connectivity index (χ0v) is 16.8. The molecule has 0 fully saturated rings. The number of likely N-dealkylation sites (N-methyl/N-ethyl adjacent to an activating group) is 1. The zero-order valence-electron chi connectivity index (χ0n) is 16.1.